The van der Waals surface area contributed by atoms with Gasteiger partial charge >= 0.3 is 0 Å². The highest BCUT2D eigenvalue weighted by atomic mass is 79.9. The van der Waals surface area contributed by atoms with Crippen molar-refractivity contribution in [1.29, 1.82) is 0 Å². The molecule has 0 aromatic carbocycles. The van der Waals surface area contributed by atoms with E-state index in [1.165, 1.54) is 0 Å². The van der Waals surface area contributed by atoms with Crippen LogP contribution < -0.4 is 5.73 Å². The Balaban J connectivity index is 2.51. The molecule has 3 nitrogen and oxygen atoms in total. The number of hydrogen-bond acceptors (Lipinski definition) is 4. The van der Waals surface area contributed by atoms with E-state index in [0.29, 0.717) is 11.6 Å². The summed E-state index contributed by atoms with van der Waals surface area (Å²) < 4.78 is 7.05. The molecule has 0 aliphatic heterocycles. The summed E-state index contributed by atoms with van der Waals surface area (Å²) in [5, 5.41) is 3.61. The van der Waals surface area contributed by atoms with Crippen molar-refractivity contribution in [2.75, 3.05) is 5.73 Å². The summed E-state index contributed by atoms with van der Waals surface area (Å²) in [6, 6.07) is 3.65. The highest BCUT2D eigenvalue weighted by Crippen LogP contribution is 2.38. The first kappa shape index (κ1) is 9.23. The minimum atomic E-state index is 0.393. The van der Waals surface area contributed by atoms with Gasteiger partial charge < -0.3 is 10.3 Å². The molecule has 0 bridgehead atoms. The molecule has 68 valence electrons. The SMILES string of the molecule is Nc1cc(-c2cc(Br)sc2Br)on1. The van der Waals surface area contributed by atoms with E-state index in [-0.39, 0.29) is 0 Å². The lowest BCUT2D eigenvalue weighted by Gasteiger charge is -1.87. The number of nitrogens with two attached hydrogens (primary N) is 1. The molecule has 0 atom stereocenters. The van der Waals surface area contributed by atoms with Crippen LogP contribution in [-0.4, -0.2) is 5.16 Å². The molecule has 2 rings (SSSR count). The first-order valence-corrected chi connectivity index (χ1v) is 5.74. The second kappa shape index (κ2) is 3.43. The molecule has 0 fully saturated rings. The highest BCUT2D eigenvalue weighted by Gasteiger charge is 2.11. The molecule has 2 aromatic heterocycles. The van der Waals surface area contributed by atoms with Crippen molar-refractivity contribution < 1.29 is 4.52 Å². The second-order valence-corrected chi connectivity index (χ2v) is 6.10. The van der Waals surface area contributed by atoms with E-state index < -0.39 is 0 Å². The van der Waals surface area contributed by atoms with Gasteiger partial charge in [0.1, 0.15) is 0 Å². The molecule has 2 aromatic rings. The van der Waals surface area contributed by atoms with E-state index in [9.17, 15) is 0 Å². The van der Waals surface area contributed by atoms with E-state index in [4.69, 9.17) is 10.3 Å². The number of rotatable bonds is 1. The Labute approximate surface area is 95.2 Å². The Morgan fingerprint density at radius 1 is 1.38 bits per heavy atom. The number of anilines is 1. The third kappa shape index (κ3) is 1.79. The summed E-state index contributed by atoms with van der Waals surface area (Å²) in [5.74, 6) is 1.07. The Hall–Kier alpha value is -0.330. The standard InChI is InChI=1S/C7H4Br2N2OS/c8-5-1-3(7(9)13-5)4-2-6(10)11-12-4/h1-2H,(H2,10,11). The van der Waals surface area contributed by atoms with Crippen molar-refractivity contribution in [3.05, 3.63) is 19.7 Å². The third-order valence-corrected chi connectivity index (χ3v) is 3.79. The zero-order valence-corrected chi connectivity index (χ0v) is 10.2. The highest BCUT2D eigenvalue weighted by molar-refractivity contribution is 9.12. The Kier molecular flexibility index (Phi) is 2.44. The Bertz CT molecular complexity index is 437. The van der Waals surface area contributed by atoms with Crippen LogP contribution in [0.25, 0.3) is 11.3 Å². The van der Waals surface area contributed by atoms with Crippen LogP contribution in [0.3, 0.4) is 0 Å². The van der Waals surface area contributed by atoms with E-state index in [2.05, 4.69) is 37.0 Å². The van der Waals surface area contributed by atoms with Gasteiger partial charge in [0, 0.05) is 11.6 Å². The zero-order valence-electron chi connectivity index (χ0n) is 6.25. The van der Waals surface area contributed by atoms with Gasteiger partial charge in [0.2, 0.25) is 0 Å². The third-order valence-electron chi connectivity index (χ3n) is 1.45. The van der Waals surface area contributed by atoms with Crippen LogP contribution >= 0.6 is 43.2 Å². The lowest BCUT2D eigenvalue weighted by molar-refractivity contribution is 0.436. The first-order chi connectivity index (χ1) is 6.16. The molecular weight excluding hydrogens is 320 g/mol. The largest absolute Gasteiger partial charge is 0.381 e. The van der Waals surface area contributed by atoms with Gasteiger partial charge in [0.05, 0.1) is 7.57 Å². The molecular formula is C7H4Br2N2OS. The molecule has 0 radical (unpaired) electrons. The summed E-state index contributed by atoms with van der Waals surface area (Å²) in [6.45, 7) is 0. The minimum absolute atomic E-state index is 0.393. The lowest BCUT2D eigenvalue weighted by atomic mass is 10.3. The van der Waals surface area contributed by atoms with E-state index in [0.717, 1.165) is 13.1 Å². The van der Waals surface area contributed by atoms with Crippen LogP contribution in [0, 0.1) is 0 Å². The van der Waals surface area contributed by atoms with Crippen molar-refractivity contribution in [3.63, 3.8) is 0 Å². The summed E-state index contributed by atoms with van der Waals surface area (Å²) in [5.41, 5.74) is 6.40. The zero-order chi connectivity index (χ0) is 9.42. The van der Waals surface area contributed by atoms with Gasteiger partial charge in [-0.15, -0.1) is 11.3 Å². The molecule has 0 amide bonds. The molecule has 0 aliphatic carbocycles. The number of hydrogen-bond donors (Lipinski definition) is 1. The summed E-state index contributed by atoms with van der Waals surface area (Å²) in [7, 11) is 0. The fraction of sp³-hybridized carbons (Fsp3) is 0. The second-order valence-electron chi connectivity index (χ2n) is 2.35. The average Bonchev–Trinajstić information content (AvgIpc) is 2.58. The quantitative estimate of drug-likeness (QED) is 0.873. The van der Waals surface area contributed by atoms with Crippen LogP contribution in [0.1, 0.15) is 0 Å². The fourth-order valence-corrected chi connectivity index (χ4v) is 3.74. The van der Waals surface area contributed by atoms with E-state index in [1.807, 2.05) is 6.07 Å². The van der Waals surface area contributed by atoms with Crippen molar-refractivity contribution in [2.45, 2.75) is 0 Å². The maximum atomic E-state index is 5.44. The maximum absolute atomic E-state index is 5.44. The summed E-state index contributed by atoms with van der Waals surface area (Å²) >= 11 is 8.38. The van der Waals surface area contributed by atoms with Crippen LogP contribution in [0.5, 0.6) is 0 Å². The van der Waals surface area contributed by atoms with Crippen molar-refractivity contribution in [2.24, 2.45) is 0 Å². The Morgan fingerprint density at radius 2 is 2.15 bits per heavy atom. The topological polar surface area (TPSA) is 52.0 Å². The van der Waals surface area contributed by atoms with Crippen molar-refractivity contribution in [1.82, 2.24) is 5.16 Å². The fourth-order valence-electron chi connectivity index (χ4n) is 0.924. The molecule has 2 heterocycles. The van der Waals surface area contributed by atoms with Crippen LogP contribution in [0.4, 0.5) is 5.82 Å². The van der Waals surface area contributed by atoms with Crippen molar-refractivity contribution in [3.8, 4) is 11.3 Å². The first-order valence-electron chi connectivity index (χ1n) is 3.34. The normalized spacial score (nSPS) is 10.6. The van der Waals surface area contributed by atoms with Gasteiger partial charge in [-0.2, -0.15) is 0 Å². The van der Waals surface area contributed by atoms with Gasteiger partial charge in [-0.3, -0.25) is 0 Å². The van der Waals surface area contributed by atoms with Gasteiger partial charge in [-0.05, 0) is 37.9 Å². The molecule has 6 heteroatoms. The lowest BCUT2D eigenvalue weighted by Crippen LogP contribution is -1.79. The van der Waals surface area contributed by atoms with Gasteiger partial charge in [0.15, 0.2) is 11.6 Å². The number of thiophene rings is 1. The van der Waals surface area contributed by atoms with Gasteiger partial charge in [-0.1, -0.05) is 5.16 Å². The number of nitrogens with zero attached hydrogens (tertiary/aromatic N) is 1. The number of nitrogen functional groups attached to an aromatic ring is 1. The molecule has 0 saturated carbocycles. The van der Waals surface area contributed by atoms with Crippen molar-refractivity contribution >= 4 is 49.0 Å². The van der Waals surface area contributed by atoms with Crippen LogP contribution in [0.2, 0.25) is 0 Å². The molecule has 0 saturated heterocycles. The van der Waals surface area contributed by atoms with E-state index in [1.54, 1.807) is 17.4 Å². The van der Waals surface area contributed by atoms with E-state index >= 15 is 0 Å². The van der Waals surface area contributed by atoms with Gasteiger partial charge in [-0.25, -0.2) is 0 Å². The molecule has 0 unspecified atom stereocenters. The summed E-state index contributed by atoms with van der Waals surface area (Å²) in [6.07, 6.45) is 0. The number of aromatic nitrogens is 1. The monoisotopic (exact) mass is 322 g/mol. The predicted octanol–water partition coefficient (Wildman–Crippen LogP) is 3.51. The molecule has 13 heavy (non-hydrogen) atoms. The van der Waals surface area contributed by atoms with Crippen LogP contribution in [0.15, 0.2) is 24.2 Å². The molecule has 0 aliphatic rings. The summed E-state index contributed by atoms with van der Waals surface area (Å²) in [4.78, 5) is 0. The smallest absolute Gasteiger partial charge is 0.171 e. The Morgan fingerprint density at radius 3 is 2.62 bits per heavy atom. The minimum Gasteiger partial charge on any atom is -0.381 e. The molecule has 2 N–H and O–H groups in total. The maximum Gasteiger partial charge on any atom is 0.171 e. The van der Waals surface area contributed by atoms with Crippen LogP contribution in [-0.2, 0) is 0 Å². The van der Waals surface area contributed by atoms with Gasteiger partial charge in [0.25, 0.3) is 0 Å². The predicted molar refractivity (Wildman–Crippen MR) is 59.6 cm³/mol. The number of halogens is 2. The molecule has 0 spiro atoms. The average molecular weight is 324 g/mol.